The number of aromatic nitrogens is 3. The molecule has 2 aromatic rings. The van der Waals surface area contributed by atoms with Crippen molar-refractivity contribution in [2.45, 2.75) is 18.8 Å². The fourth-order valence-electron chi connectivity index (χ4n) is 4.67. The van der Waals surface area contributed by atoms with Crippen molar-refractivity contribution in [2.75, 3.05) is 58.2 Å². The van der Waals surface area contributed by atoms with E-state index in [0.29, 0.717) is 23.4 Å². The zero-order valence-corrected chi connectivity index (χ0v) is 19.5. The number of likely N-dealkylation sites (N-methyl/N-ethyl adjacent to an activating group) is 1. The summed E-state index contributed by atoms with van der Waals surface area (Å²) in [5.74, 6) is -3.00. The molecular formula is C25H31F2N7. The van der Waals surface area contributed by atoms with Crippen LogP contribution in [0.5, 0.6) is 0 Å². The SMILES string of the molecule is CN1CCN(C2=CC=C(c3cc4nccnc4c(NC[C@H]4CNCCC4(F)F)n3)CC=C2)CC1. The minimum atomic E-state index is -2.70. The summed E-state index contributed by atoms with van der Waals surface area (Å²) < 4.78 is 28.7. The molecule has 7 nitrogen and oxygen atoms in total. The standard InChI is InChI=1S/C25H31F2N7/c1-33-11-13-34(14-12-33)20-4-2-3-18(5-6-20)21-15-22-23(30-10-9-29-22)24(32-21)31-17-19-16-28-8-7-25(19,26)27/h2,4-6,9-10,15,19,28H,3,7-8,11-14,16-17H2,1H3,(H,31,32)/t19-/m1/s1. The van der Waals surface area contributed by atoms with Gasteiger partial charge in [-0.05, 0) is 37.3 Å². The van der Waals surface area contributed by atoms with Crippen LogP contribution in [0.3, 0.4) is 0 Å². The van der Waals surface area contributed by atoms with Gasteiger partial charge >= 0.3 is 0 Å². The fourth-order valence-corrected chi connectivity index (χ4v) is 4.67. The van der Waals surface area contributed by atoms with Crippen molar-refractivity contribution in [3.05, 3.63) is 54.2 Å². The number of hydrogen-bond acceptors (Lipinski definition) is 7. The Morgan fingerprint density at radius 1 is 1.15 bits per heavy atom. The van der Waals surface area contributed by atoms with Crippen molar-refractivity contribution in [2.24, 2.45) is 5.92 Å². The van der Waals surface area contributed by atoms with E-state index in [1.54, 1.807) is 12.4 Å². The Labute approximate surface area is 198 Å². The van der Waals surface area contributed by atoms with Gasteiger partial charge in [-0.1, -0.05) is 12.2 Å². The van der Waals surface area contributed by atoms with Crippen LogP contribution in [0.15, 0.2) is 48.5 Å². The highest BCUT2D eigenvalue weighted by Crippen LogP contribution is 2.32. The van der Waals surface area contributed by atoms with Gasteiger partial charge < -0.3 is 20.4 Å². The van der Waals surface area contributed by atoms with E-state index in [1.165, 1.54) is 5.70 Å². The zero-order valence-electron chi connectivity index (χ0n) is 19.5. The lowest BCUT2D eigenvalue weighted by molar-refractivity contribution is -0.0728. The number of halogens is 2. The van der Waals surface area contributed by atoms with Crippen LogP contribution < -0.4 is 10.6 Å². The molecule has 4 heterocycles. The second kappa shape index (κ2) is 9.76. The van der Waals surface area contributed by atoms with Crippen LogP contribution in [0.2, 0.25) is 0 Å². The smallest absolute Gasteiger partial charge is 0.255 e. The molecule has 2 saturated heterocycles. The number of nitrogens with one attached hydrogen (secondary N) is 2. The van der Waals surface area contributed by atoms with Crippen LogP contribution in [0.1, 0.15) is 18.5 Å². The third kappa shape index (κ3) is 4.95. The number of alkyl halides is 2. The van der Waals surface area contributed by atoms with Gasteiger partial charge in [0.25, 0.3) is 5.92 Å². The Morgan fingerprint density at radius 3 is 2.79 bits per heavy atom. The van der Waals surface area contributed by atoms with Gasteiger partial charge in [0, 0.05) is 70.3 Å². The average molecular weight is 468 g/mol. The second-order valence-corrected chi connectivity index (χ2v) is 9.25. The Morgan fingerprint density at radius 2 is 1.97 bits per heavy atom. The van der Waals surface area contributed by atoms with Gasteiger partial charge in [0.15, 0.2) is 5.82 Å². The van der Waals surface area contributed by atoms with E-state index in [0.717, 1.165) is 43.9 Å². The first-order chi connectivity index (χ1) is 16.5. The second-order valence-electron chi connectivity index (χ2n) is 9.25. The topological polar surface area (TPSA) is 69.2 Å². The van der Waals surface area contributed by atoms with E-state index in [1.807, 2.05) is 6.07 Å². The van der Waals surface area contributed by atoms with Crippen molar-refractivity contribution < 1.29 is 8.78 Å². The third-order valence-electron chi connectivity index (χ3n) is 6.87. The van der Waals surface area contributed by atoms with Crippen LogP contribution in [0.25, 0.3) is 16.6 Å². The minimum absolute atomic E-state index is 0.120. The molecule has 2 N–H and O–H groups in total. The van der Waals surface area contributed by atoms with E-state index in [9.17, 15) is 8.78 Å². The summed E-state index contributed by atoms with van der Waals surface area (Å²) in [5, 5.41) is 6.23. The summed E-state index contributed by atoms with van der Waals surface area (Å²) in [6, 6.07) is 1.93. The van der Waals surface area contributed by atoms with Crippen LogP contribution in [0, 0.1) is 5.92 Å². The van der Waals surface area contributed by atoms with Gasteiger partial charge in [0.1, 0.15) is 5.52 Å². The molecule has 9 heteroatoms. The van der Waals surface area contributed by atoms with E-state index in [4.69, 9.17) is 4.98 Å². The highest BCUT2D eigenvalue weighted by atomic mass is 19.3. The highest BCUT2D eigenvalue weighted by Gasteiger charge is 2.41. The maximum absolute atomic E-state index is 14.4. The van der Waals surface area contributed by atoms with Gasteiger partial charge in [-0.3, -0.25) is 4.98 Å². The summed E-state index contributed by atoms with van der Waals surface area (Å²) >= 11 is 0. The van der Waals surface area contributed by atoms with E-state index in [2.05, 4.69) is 61.8 Å². The van der Waals surface area contributed by atoms with Crippen LogP contribution in [0.4, 0.5) is 14.6 Å². The average Bonchev–Trinajstić information content (AvgIpc) is 3.10. The molecule has 2 fully saturated rings. The van der Waals surface area contributed by atoms with Gasteiger partial charge in [-0.2, -0.15) is 0 Å². The van der Waals surface area contributed by atoms with Crippen molar-refractivity contribution in [3.8, 4) is 0 Å². The molecule has 3 aliphatic rings. The Balaban J connectivity index is 1.41. The molecule has 0 saturated carbocycles. The lowest BCUT2D eigenvalue weighted by Crippen LogP contribution is -2.47. The molecule has 0 spiro atoms. The predicted molar refractivity (Wildman–Crippen MR) is 131 cm³/mol. The van der Waals surface area contributed by atoms with Crippen molar-refractivity contribution in [3.63, 3.8) is 0 Å². The van der Waals surface area contributed by atoms with Crippen LogP contribution in [-0.2, 0) is 0 Å². The van der Waals surface area contributed by atoms with E-state index < -0.39 is 11.8 Å². The largest absolute Gasteiger partial charge is 0.369 e. The first-order valence-electron chi connectivity index (χ1n) is 11.9. The van der Waals surface area contributed by atoms with Crippen LogP contribution >= 0.6 is 0 Å². The van der Waals surface area contributed by atoms with Gasteiger partial charge in [0.05, 0.1) is 17.1 Å². The Bertz CT molecular complexity index is 1120. The summed E-state index contributed by atoms with van der Waals surface area (Å²) in [6.45, 7) is 4.86. The fraction of sp³-hybridized carbons (Fsp3) is 0.480. The predicted octanol–water partition coefficient (Wildman–Crippen LogP) is 3.16. The maximum Gasteiger partial charge on any atom is 0.255 e. The number of piperidine rings is 1. The molecule has 0 aromatic carbocycles. The number of rotatable bonds is 5. The number of nitrogens with zero attached hydrogens (tertiary/aromatic N) is 5. The number of anilines is 1. The number of fused-ring (bicyclic) bond motifs is 1. The van der Waals surface area contributed by atoms with Crippen LogP contribution in [-0.4, -0.2) is 83.5 Å². The number of pyridine rings is 1. The molecule has 2 aliphatic heterocycles. The summed E-state index contributed by atoms with van der Waals surface area (Å²) in [6.07, 6.45) is 12.4. The number of allylic oxidation sites excluding steroid dienone is 5. The first kappa shape index (κ1) is 22.9. The third-order valence-corrected chi connectivity index (χ3v) is 6.87. The lowest BCUT2D eigenvalue weighted by atomic mass is 9.95. The molecule has 1 aliphatic carbocycles. The summed E-state index contributed by atoms with van der Waals surface area (Å²) in [7, 11) is 2.15. The quantitative estimate of drug-likeness (QED) is 0.700. The minimum Gasteiger partial charge on any atom is -0.369 e. The van der Waals surface area contributed by atoms with Gasteiger partial charge in [0.2, 0.25) is 0 Å². The normalized spacial score (nSPS) is 23.4. The van der Waals surface area contributed by atoms with Crippen molar-refractivity contribution >= 4 is 22.4 Å². The monoisotopic (exact) mass is 467 g/mol. The number of hydrogen-bond donors (Lipinski definition) is 2. The lowest BCUT2D eigenvalue weighted by Gasteiger charge is -2.34. The molecular weight excluding hydrogens is 436 g/mol. The molecule has 5 rings (SSSR count). The van der Waals surface area contributed by atoms with Gasteiger partial charge in [-0.15, -0.1) is 0 Å². The van der Waals surface area contributed by atoms with E-state index >= 15 is 0 Å². The molecule has 0 amide bonds. The maximum atomic E-state index is 14.4. The highest BCUT2D eigenvalue weighted by molar-refractivity contribution is 5.88. The van der Waals surface area contributed by atoms with Crippen molar-refractivity contribution in [1.29, 1.82) is 0 Å². The molecule has 180 valence electrons. The molecule has 0 bridgehead atoms. The number of piperazine rings is 1. The summed E-state index contributed by atoms with van der Waals surface area (Å²) in [5.41, 5.74) is 4.33. The van der Waals surface area contributed by atoms with Gasteiger partial charge in [-0.25, -0.2) is 18.7 Å². The molecule has 34 heavy (non-hydrogen) atoms. The molecule has 0 radical (unpaired) electrons. The Hall–Kier alpha value is -2.91. The molecule has 0 unspecified atom stereocenters. The first-order valence-corrected chi connectivity index (χ1v) is 11.9. The molecule has 1 atom stereocenters. The van der Waals surface area contributed by atoms with E-state index in [-0.39, 0.29) is 19.5 Å². The zero-order chi connectivity index (χ0) is 23.5. The summed E-state index contributed by atoms with van der Waals surface area (Å²) in [4.78, 5) is 18.4. The molecule has 2 aromatic heterocycles. The Kier molecular flexibility index (Phi) is 6.56. The van der Waals surface area contributed by atoms with Crippen molar-refractivity contribution in [1.82, 2.24) is 30.1 Å².